The molecule has 0 bridgehead atoms. The molecule has 29 heavy (non-hydrogen) atoms. The van der Waals surface area contributed by atoms with E-state index in [9.17, 15) is 19.7 Å². The van der Waals surface area contributed by atoms with Crippen molar-refractivity contribution in [1.29, 1.82) is 0 Å². The zero-order valence-corrected chi connectivity index (χ0v) is 16.6. The molecule has 9 nitrogen and oxygen atoms in total. The van der Waals surface area contributed by atoms with Crippen molar-refractivity contribution in [3.8, 4) is 17.1 Å². The standard InChI is InChI=1S/C18H14N2O7S2/c1-2-26-10-3-5-12(13(7-10)20(24)25)14-6-4-11(27-14)8-15-17(23)19(9-16(21)22)18(28)29-15/h3-8H,2,9H2,1H3,(H,21,22)/b15-8+. The van der Waals surface area contributed by atoms with Crippen LogP contribution < -0.4 is 4.74 Å². The molecule has 0 spiro atoms. The smallest absolute Gasteiger partial charge is 0.323 e. The molecule has 1 aromatic carbocycles. The number of carboxylic acid groups (broad SMARTS) is 1. The van der Waals surface area contributed by atoms with Gasteiger partial charge in [0.1, 0.15) is 28.1 Å². The number of amides is 1. The number of aliphatic carboxylic acids is 1. The second kappa shape index (κ2) is 8.45. The van der Waals surface area contributed by atoms with Crippen molar-refractivity contribution in [3.05, 3.63) is 51.1 Å². The molecule has 0 aliphatic carbocycles. The van der Waals surface area contributed by atoms with Crippen LogP contribution in [0.5, 0.6) is 5.75 Å². The van der Waals surface area contributed by atoms with Gasteiger partial charge in [-0.2, -0.15) is 0 Å². The number of nitrogens with zero attached hydrogens (tertiary/aromatic N) is 2. The predicted molar refractivity (Wildman–Crippen MR) is 109 cm³/mol. The molecule has 3 rings (SSSR count). The fraction of sp³-hybridized carbons (Fsp3) is 0.167. The number of nitro benzene ring substituents is 1. The zero-order valence-electron chi connectivity index (χ0n) is 15.0. The number of carbonyl (C=O) groups is 2. The summed E-state index contributed by atoms with van der Waals surface area (Å²) >= 11 is 6.00. The van der Waals surface area contributed by atoms with Crippen LogP contribution in [0, 0.1) is 10.1 Å². The number of furan rings is 1. The van der Waals surface area contributed by atoms with Crippen LogP contribution in [-0.2, 0) is 9.59 Å². The Balaban J connectivity index is 1.89. The molecule has 1 fully saturated rings. The lowest BCUT2D eigenvalue weighted by molar-refractivity contribution is -0.384. The molecule has 1 amide bonds. The quantitative estimate of drug-likeness (QED) is 0.302. The lowest BCUT2D eigenvalue weighted by atomic mass is 10.1. The van der Waals surface area contributed by atoms with Crippen LogP contribution in [0.15, 0.2) is 39.7 Å². The molecule has 1 N–H and O–H groups in total. The average molecular weight is 434 g/mol. The van der Waals surface area contributed by atoms with Gasteiger partial charge in [-0.25, -0.2) is 0 Å². The van der Waals surface area contributed by atoms with Gasteiger partial charge in [0, 0.05) is 6.08 Å². The van der Waals surface area contributed by atoms with E-state index in [4.69, 9.17) is 26.5 Å². The summed E-state index contributed by atoms with van der Waals surface area (Å²) in [5.41, 5.74) is 0.0844. The third kappa shape index (κ3) is 4.46. The molecule has 1 saturated heterocycles. The van der Waals surface area contributed by atoms with Gasteiger partial charge in [-0.1, -0.05) is 24.0 Å². The fourth-order valence-corrected chi connectivity index (χ4v) is 3.84. The Morgan fingerprint density at radius 3 is 2.83 bits per heavy atom. The van der Waals surface area contributed by atoms with E-state index >= 15 is 0 Å². The van der Waals surface area contributed by atoms with Crippen LogP contribution in [0.4, 0.5) is 5.69 Å². The van der Waals surface area contributed by atoms with E-state index in [1.165, 1.54) is 18.2 Å². The van der Waals surface area contributed by atoms with E-state index in [1.54, 1.807) is 25.1 Å². The number of thioether (sulfide) groups is 1. The van der Waals surface area contributed by atoms with Gasteiger partial charge in [-0.15, -0.1) is 0 Å². The van der Waals surface area contributed by atoms with Crippen LogP contribution >= 0.6 is 24.0 Å². The molecule has 2 aromatic rings. The first kappa shape index (κ1) is 20.6. The Bertz CT molecular complexity index is 1040. The Hall–Kier alpha value is -3.18. The van der Waals surface area contributed by atoms with Crippen LogP contribution in [0.1, 0.15) is 12.7 Å². The summed E-state index contributed by atoms with van der Waals surface area (Å²) in [6.07, 6.45) is 1.42. The average Bonchev–Trinajstić information content (AvgIpc) is 3.22. The summed E-state index contributed by atoms with van der Waals surface area (Å²) in [6.45, 7) is 1.63. The number of ether oxygens (including phenoxy) is 1. The minimum atomic E-state index is -1.18. The number of hydrogen-bond donors (Lipinski definition) is 1. The Kier molecular flexibility index (Phi) is 5.99. The number of carboxylic acids is 1. The van der Waals surface area contributed by atoms with Gasteiger partial charge in [0.05, 0.1) is 28.1 Å². The van der Waals surface area contributed by atoms with Crippen molar-refractivity contribution in [2.45, 2.75) is 6.92 Å². The van der Waals surface area contributed by atoms with Crippen molar-refractivity contribution < 1.29 is 28.8 Å². The summed E-state index contributed by atoms with van der Waals surface area (Å²) in [4.78, 5) is 35.3. The molecular weight excluding hydrogens is 420 g/mol. The van der Waals surface area contributed by atoms with E-state index in [-0.39, 0.29) is 32.0 Å². The molecule has 0 atom stereocenters. The molecule has 0 unspecified atom stereocenters. The van der Waals surface area contributed by atoms with Gasteiger partial charge < -0.3 is 14.3 Å². The van der Waals surface area contributed by atoms with Gasteiger partial charge >= 0.3 is 5.97 Å². The van der Waals surface area contributed by atoms with Crippen molar-refractivity contribution in [2.24, 2.45) is 0 Å². The van der Waals surface area contributed by atoms with E-state index in [0.29, 0.717) is 12.4 Å². The highest BCUT2D eigenvalue weighted by Crippen LogP contribution is 2.36. The maximum absolute atomic E-state index is 12.3. The third-order valence-corrected chi connectivity index (χ3v) is 5.19. The number of nitro groups is 1. The predicted octanol–water partition coefficient (Wildman–Crippen LogP) is 3.54. The van der Waals surface area contributed by atoms with Crippen molar-refractivity contribution in [1.82, 2.24) is 4.90 Å². The summed E-state index contributed by atoms with van der Waals surface area (Å²) < 4.78 is 11.1. The molecular formula is C18H14N2O7S2. The van der Waals surface area contributed by atoms with E-state index in [1.807, 2.05) is 0 Å². The van der Waals surface area contributed by atoms with Crippen LogP contribution in [0.25, 0.3) is 17.4 Å². The molecule has 1 aromatic heterocycles. The third-order valence-electron chi connectivity index (χ3n) is 3.81. The highest BCUT2D eigenvalue weighted by Gasteiger charge is 2.33. The van der Waals surface area contributed by atoms with Crippen molar-refractivity contribution in [3.63, 3.8) is 0 Å². The topological polar surface area (TPSA) is 123 Å². The molecule has 1 aliphatic heterocycles. The van der Waals surface area contributed by atoms with E-state index < -0.39 is 23.3 Å². The highest BCUT2D eigenvalue weighted by molar-refractivity contribution is 8.26. The number of rotatable bonds is 7. The molecule has 0 saturated carbocycles. The fourth-order valence-electron chi connectivity index (χ4n) is 2.60. The first-order valence-corrected chi connectivity index (χ1v) is 9.51. The van der Waals surface area contributed by atoms with Crippen molar-refractivity contribution in [2.75, 3.05) is 13.2 Å². The van der Waals surface area contributed by atoms with Crippen LogP contribution in [0.2, 0.25) is 0 Å². The number of carbonyl (C=O) groups excluding carboxylic acids is 1. The lowest BCUT2D eigenvalue weighted by Crippen LogP contribution is -2.33. The minimum Gasteiger partial charge on any atom is -0.494 e. The molecule has 150 valence electrons. The van der Waals surface area contributed by atoms with E-state index in [2.05, 4.69) is 0 Å². The molecule has 2 heterocycles. The van der Waals surface area contributed by atoms with Gasteiger partial charge in [0.25, 0.3) is 11.6 Å². The summed E-state index contributed by atoms with van der Waals surface area (Å²) in [7, 11) is 0. The van der Waals surface area contributed by atoms with Gasteiger partial charge in [-0.3, -0.25) is 24.6 Å². The summed E-state index contributed by atoms with van der Waals surface area (Å²) in [5, 5.41) is 20.3. The first-order valence-electron chi connectivity index (χ1n) is 8.28. The van der Waals surface area contributed by atoms with Gasteiger partial charge in [0.2, 0.25) is 0 Å². The van der Waals surface area contributed by atoms with Crippen molar-refractivity contribution >= 4 is 51.9 Å². The Labute approximate surface area is 174 Å². The van der Waals surface area contributed by atoms with E-state index in [0.717, 1.165) is 16.7 Å². The van der Waals surface area contributed by atoms with Crippen LogP contribution in [-0.4, -0.2) is 44.3 Å². The maximum atomic E-state index is 12.3. The van der Waals surface area contributed by atoms with Crippen LogP contribution in [0.3, 0.4) is 0 Å². The lowest BCUT2D eigenvalue weighted by Gasteiger charge is -2.09. The second-order valence-electron chi connectivity index (χ2n) is 5.73. The number of benzene rings is 1. The largest absolute Gasteiger partial charge is 0.494 e. The zero-order chi connectivity index (χ0) is 21.1. The molecule has 11 heteroatoms. The maximum Gasteiger partial charge on any atom is 0.323 e. The minimum absolute atomic E-state index is 0.137. The monoisotopic (exact) mass is 434 g/mol. The Morgan fingerprint density at radius 1 is 1.41 bits per heavy atom. The van der Waals surface area contributed by atoms with Gasteiger partial charge in [0.15, 0.2) is 0 Å². The first-order chi connectivity index (χ1) is 13.8. The Morgan fingerprint density at radius 2 is 2.17 bits per heavy atom. The molecule has 1 aliphatic rings. The molecule has 0 radical (unpaired) electrons. The van der Waals surface area contributed by atoms with Gasteiger partial charge in [-0.05, 0) is 31.2 Å². The second-order valence-corrected chi connectivity index (χ2v) is 7.41. The normalized spacial score (nSPS) is 15.2. The summed E-state index contributed by atoms with van der Waals surface area (Å²) in [6, 6.07) is 7.55. The number of thiocarbonyl (C=S) groups is 1. The highest BCUT2D eigenvalue weighted by atomic mass is 32.2. The summed E-state index contributed by atoms with van der Waals surface area (Å²) in [5.74, 6) is -0.819. The number of hydrogen-bond acceptors (Lipinski definition) is 8. The SMILES string of the molecule is CCOc1ccc(-c2ccc(/C=C3/SC(=S)N(CC(=O)O)C3=O)o2)c([N+](=O)[O-])c1.